The highest BCUT2D eigenvalue weighted by molar-refractivity contribution is 5.56. The second kappa shape index (κ2) is 7.31. The van der Waals surface area contributed by atoms with Crippen LogP contribution in [0.15, 0.2) is 53.6 Å². The van der Waals surface area contributed by atoms with Crippen LogP contribution in [0.3, 0.4) is 0 Å². The largest absolute Gasteiger partial charge is 0.395 e. The highest BCUT2D eigenvalue weighted by atomic mass is 19.4. The summed E-state index contributed by atoms with van der Waals surface area (Å²) in [6, 6.07) is 10.8. The zero-order valence-corrected chi connectivity index (χ0v) is 15.6. The van der Waals surface area contributed by atoms with Gasteiger partial charge in [0.2, 0.25) is 5.95 Å². The molecule has 0 radical (unpaired) electrons. The lowest BCUT2D eigenvalue weighted by Crippen LogP contribution is -2.54. The first kappa shape index (κ1) is 19.1. The number of nitrogens with zero attached hydrogens (tertiary/aromatic N) is 5. The van der Waals surface area contributed by atoms with Crippen molar-refractivity contribution in [1.29, 1.82) is 0 Å². The maximum Gasteiger partial charge on any atom is 0.395 e. The molecule has 4 rings (SSSR count). The molecule has 1 saturated heterocycles. The summed E-state index contributed by atoms with van der Waals surface area (Å²) in [6.07, 6.45) is -1.18. The second-order valence-electron chi connectivity index (χ2n) is 7.12. The number of benzene rings is 1. The van der Waals surface area contributed by atoms with Crippen LogP contribution >= 0.6 is 0 Å². The predicted octanol–water partition coefficient (Wildman–Crippen LogP) is 3.06. The van der Waals surface area contributed by atoms with Gasteiger partial charge in [0.05, 0.1) is 18.2 Å². The molecule has 9 heteroatoms. The summed E-state index contributed by atoms with van der Waals surface area (Å²) < 4.78 is 39.2. The summed E-state index contributed by atoms with van der Waals surface area (Å²) in [4.78, 5) is 21.9. The number of aryl methyl sites for hydroxylation is 1. The number of halogens is 3. The van der Waals surface area contributed by atoms with E-state index in [2.05, 4.69) is 15.1 Å². The third-order valence-corrected chi connectivity index (χ3v) is 4.88. The summed E-state index contributed by atoms with van der Waals surface area (Å²) in [5.41, 5.74) is 2.94. The third kappa shape index (κ3) is 4.13. The average Bonchev–Trinajstić information content (AvgIpc) is 2.64. The number of hydrogen-bond acceptors (Lipinski definition) is 5. The zero-order chi connectivity index (χ0) is 20.6. The minimum Gasteiger partial charge on any atom is -0.339 e. The van der Waals surface area contributed by atoms with E-state index in [-0.39, 0.29) is 24.6 Å². The van der Waals surface area contributed by atoms with E-state index in [0.29, 0.717) is 17.8 Å². The van der Waals surface area contributed by atoms with Crippen molar-refractivity contribution in [3.8, 4) is 11.3 Å². The lowest BCUT2D eigenvalue weighted by atomic mass is 10.0. The molecule has 0 amide bonds. The quantitative estimate of drug-likeness (QED) is 0.672. The van der Waals surface area contributed by atoms with Crippen LogP contribution in [0.25, 0.3) is 11.3 Å². The summed E-state index contributed by atoms with van der Waals surface area (Å²) >= 11 is 0. The number of rotatable bonds is 4. The maximum absolute atomic E-state index is 12.6. The molecule has 0 saturated carbocycles. The highest BCUT2D eigenvalue weighted by Crippen LogP contribution is 2.34. The van der Waals surface area contributed by atoms with E-state index in [1.165, 1.54) is 28.0 Å². The van der Waals surface area contributed by atoms with Crippen LogP contribution in [-0.2, 0) is 6.54 Å². The van der Waals surface area contributed by atoms with Crippen molar-refractivity contribution in [2.24, 2.45) is 5.92 Å². The Labute approximate surface area is 164 Å². The van der Waals surface area contributed by atoms with Gasteiger partial charge >= 0.3 is 6.18 Å². The SMILES string of the molecule is Cc1ccc(Cn2nc(-c3cnc(N4CC(C(F)(F)F)C4)nc3)ccc2=O)cc1. The smallest absolute Gasteiger partial charge is 0.339 e. The van der Waals surface area contributed by atoms with Crippen LogP contribution < -0.4 is 10.5 Å². The summed E-state index contributed by atoms with van der Waals surface area (Å²) in [5.74, 6) is -1.08. The monoisotopic (exact) mass is 401 g/mol. The number of hydrogen-bond donors (Lipinski definition) is 0. The minimum atomic E-state index is -4.19. The standard InChI is InChI=1S/C20H18F3N5O/c1-13-2-4-14(5-3-13)10-28-18(29)7-6-17(26-28)15-8-24-19(25-9-15)27-11-16(12-27)20(21,22)23/h2-9,16H,10-12H2,1H3. The van der Waals surface area contributed by atoms with Crippen molar-refractivity contribution in [2.75, 3.05) is 18.0 Å². The molecule has 0 atom stereocenters. The van der Waals surface area contributed by atoms with Gasteiger partial charge in [-0.25, -0.2) is 14.6 Å². The van der Waals surface area contributed by atoms with Crippen molar-refractivity contribution >= 4 is 5.95 Å². The summed E-state index contributed by atoms with van der Waals surface area (Å²) in [7, 11) is 0. The van der Waals surface area contributed by atoms with Crippen molar-refractivity contribution < 1.29 is 13.2 Å². The van der Waals surface area contributed by atoms with Crippen LogP contribution in [0.4, 0.5) is 19.1 Å². The fraction of sp³-hybridized carbons (Fsp3) is 0.300. The average molecular weight is 401 g/mol. The Hall–Kier alpha value is -3.23. The van der Waals surface area contributed by atoms with E-state index in [1.807, 2.05) is 31.2 Å². The summed E-state index contributed by atoms with van der Waals surface area (Å²) in [6.45, 7) is 2.05. The molecule has 0 spiro atoms. The fourth-order valence-electron chi connectivity index (χ4n) is 3.05. The molecule has 1 aliphatic heterocycles. The zero-order valence-electron chi connectivity index (χ0n) is 15.6. The van der Waals surface area contributed by atoms with E-state index in [9.17, 15) is 18.0 Å². The Balaban J connectivity index is 1.50. The second-order valence-corrected chi connectivity index (χ2v) is 7.12. The van der Waals surface area contributed by atoms with E-state index in [0.717, 1.165) is 11.1 Å². The first-order chi connectivity index (χ1) is 13.8. The molecule has 0 N–H and O–H groups in total. The van der Waals surface area contributed by atoms with Crippen LogP contribution in [0, 0.1) is 12.8 Å². The van der Waals surface area contributed by atoms with Crippen molar-refractivity contribution in [3.05, 3.63) is 70.3 Å². The lowest BCUT2D eigenvalue weighted by Gasteiger charge is -2.39. The molecular weight excluding hydrogens is 383 g/mol. The topological polar surface area (TPSA) is 63.9 Å². The summed E-state index contributed by atoms with van der Waals surface area (Å²) in [5, 5.41) is 4.38. The fourth-order valence-corrected chi connectivity index (χ4v) is 3.05. The normalized spacial score (nSPS) is 14.7. The Morgan fingerprint density at radius 2 is 1.69 bits per heavy atom. The Kier molecular flexibility index (Phi) is 4.81. The van der Waals surface area contributed by atoms with Gasteiger partial charge in [0.15, 0.2) is 0 Å². The molecule has 29 heavy (non-hydrogen) atoms. The molecule has 0 unspecified atom stereocenters. The molecular formula is C20H18F3N5O. The van der Waals surface area contributed by atoms with Crippen LogP contribution in [-0.4, -0.2) is 39.0 Å². The van der Waals surface area contributed by atoms with Crippen molar-refractivity contribution in [1.82, 2.24) is 19.7 Å². The molecule has 2 aromatic heterocycles. The van der Waals surface area contributed by atoms with Gasteiger partial charge in [0.25, 0.3) is 5.56 Å². The van der Waals surface area contributed by atoms with Gasteiger partial charge in [0, 0.05) is 37.1 Å². The highest BCUT2D eigenvalue weighted by Gasteiger charge is 2.47. The molecule has 6 nitrogen and oxygen atoms in total. The van der Waals surface area contributed by atoms with Crippen LogP contribution in [0.5, 0.6) is 0 Å². The van der Waals surface area contributed by atoms with Gasteiger partial charge in [-0.3, -0.25) is 4.79 Å². The number of alkyl halides is 3. The molecule has 150 valence electrons. The number of aromatic nitrogens is 4. The molecule has 3 aromatic rings. The maximum atomic E-state index is 12.6. The Morgan fingerprint density at radius 3 is 2.31 bits per heavy atom. The molecule has 3 heterocycles. The van der Waals surface area contributed by atoms with E-state index >= 15 is 0 Å². The van der Waals surface area contributed by atoms with Gasteiger partial charge in [-0.05, 0) is 18.6 Å². The number of anilines is 1. The van der Waals surface area contributed by atoms with Crippen LogP contribution in [0.2, 0.25) is 0 Å². The Morgan fingerprint density at radius 1 is 1.03 bits per heavy atom. The first-order valence-corrected chi connectivity index (χ1v) is 9.07. The van der Waals surface area contributed by atoms with Crippen molar-refractivity contribution in [3.63, 3.8) is 0 Å². The van der Waals surface area contributed by atoms with Gasteiger partial charge < -0.3 is 4.90 Å². The molecule has 0 bridgehead atoms. The molecule has 0 aliphatic carbocycles. The van der Waals surface area contributed by atoms with E-state index in [1.54, 1.807) is 6.07 Å². The van der Waals surface area contributed by atoms with E-state index in [4.69, 9.17) is 0 Å². The Bertz CT molecular complexity index is 1060. The van der Waals surface area contributed by atoms with Crippen molar-refractivity contribution in [2.45, 2.75) is 19.6 Å². The minimum absolute atomic E-state index is 0.136. The van der Waals surface area contributed by atoms with E-state index < -0.39 is 12.1 Å². The van der Waals surface area contributed by atoms with Gasteiger partial charge in [0.1, 0.15) is 0 Å². The van der Waals surface area contributed by atoms with Gasteiger partial charge in [-0.15, -0.1) is 0 Å². The predicted molar refractivity (Wildman–Crippen MR) is 102 cm³/mol. The molecule has 1 aliphatic rings. The van der Waals surface area contributed by atoms with Gasteiger partial charge in [-0.1, -0.05) is 29.8 Å². The third-order valence-electron chi connectivity index (χ3n) is 4.88. The molecule has 1 fully saturated rings. The lowest BCUT2D eigenvalue weighted by molar-refractivity contribution is -0.180. The first-order valence-electron chi connectivity index (χ1n) is 9.07. The molecule has 1 aromatic carbocycles. The van der Waals surface area contributed by atoms with Crippen LogP contribution in [0.1, 0.15) is 11.1 Å². The van der Waals surface area contributed by atoms with Gasteiger partial charge in [-0.2, -0.15) is 18.3 Å².